The molecule has 0 bridgehead atoms. The van der Waals surface area contributed by atoms with Gasteiger partial charge in [0.2, 0.25) is 5.91 Å². The second kappa shape index (κ2) is 19.9. The van der Waals surface area contributed by atoms with E-state index in [0.717, 1.165) is 38.5 Å². The summed E-state index contributed by atoms with van der Waals surface area (Å²) >= 11 is 0. The molecule has 0 rings (SSSR count). The zero-order chi connectivity index (χ0) is 21.7. The Morgan fingerprint density at radius 3 is 1.41 bits per heavy atom. The molecule has 1 atom stereocenters. The SMILES string of the molecule is CCC[C@H](NC(=O)CCCCCCCCCCCCCCCCC(C)=O)C(=O)O. The maximum atomic E-state index is 11.8. The molecule has 5 heteroatoms. The number of hydrogen-bond acceptors (Lipinski definition) is 3. The number of nitrogens with one attached hydrogen (secondary N) is 1. The molecule has 2 N–H and O–H groups in total. The first-order valence-corrected chi connectivity index (χ1v) is 12.0. The van der Waals surface area contributed by atoms with E-state index >= 15 is 0 Å². The van der Waals surface area contributed by atoms with Crippen molar-refractivity contribution >= 4 is 17.7 Å². The van der Waals surface area contributed by atoms with Crippen molar-refractivity contribution in [1.29, 1.82) is 0 Å². The van der Waals surface area contributed by atoms with E-state index in [2.05, 4.69) is 5.32 Å². The number of aliphatic carboxylic acids is 1. The molecule has 0 saturated heterocycles. The van der Waals surface area contributed by atoms with Crippen LogP contribution in [0.4, 0.5) is 0 Å². The number of carboxylic acids is 1. The smallest absolute Gasteiger partial charge is 0.326 e. The van der Waals surface area contributed by atoms with Crippen molar-refractivity contribution < 1.29 is 19.5 Å². The van der Waals surface area contributed by atoms with Gasteiger partial charge in [-0.3, -0.25) is 4.79 Å². The molecule has 0 fully saturated rings. The van der Waals surface area contributed by atoms with Crippen molar-refractivity contribution in [2.24, 2.45) is 0 Å². The molecule has 0 aliphatic carbocycles. The van der Waals surface area contributed by atoms with Crippen molar-refractivity contribution in [1.82, 2.24) is 5.32 Å². The Bertz CT molecular complexity index is 437. The summed E-state index contributed by atoms with van der Waals surface area (Å²) in [6.07, 6.45) is 19.4. The van der Waals surface area contributed by atoms with Gasteiger partial charge in [-0.25, -0.2) is 4.79 Å². The molecule has 5 nitrogen and oxygen atoms in total. The molecule has 0 aliphatic heterocycles. The fraction of sp³-hybridized carbons (Fsp3) is 0.875. The molecule has 0 unspecified atom stereocenters. The molecule has 0 radical (unpaired) electrons. The van der Waals surface area contributed by atoms with Crippen molar-refractivity contribution in [3.8, 4) is 0 Å². The summed E-state index contributed by atoms with van der Waals surface area (Å²) in [6.45, 7) is 3.59. The quantitative estimate of drug-likeness (QED) is 0.221. The van der Waals surface area contributed by atoms with Crippen molar-refractivity contribution in [2.45, 2.75) is 135 Å². The van der Waals surface area contributed by atoms with Crippen molar-refractivity contribution in [3.05, 3.63) is 0 Å². The second-order valence-corrected chi connectivity index (χ2v) is 8.40. The van der Waals surface area contributed by atoms with Gasteiger partial charge in [-0.1, -0.05) is 90.4 Å². The first-order chi connectivity index (χ1) is 14.0. The molecular formula is C24H45NO4. The van der Waals surface area contributed by atoms with Crippen LogP contribution >= 0.6 is 0 Å². The minimum Gasteiger partial charge on any atom is -0.480 e. The number of carbonyl (C=O) groups excluding carboxylic acids is 2. The minimum atomic E-state index is -0.940. The first-order valence-electron chi connectivity index (χ1n) is 12.0. The Morgan fingerprint density at radius 1 is 0.690 bits per heavy atom. The first kappa shape index (κ1) is 27.6. The third-order valence-corrected chi connectivity index (χ3v) is 5.39. The Balaban J connectivity index is 3.32. The number of amides is 1. The van der Waals surface area contributed by atoms with Crippen LogP contribution in [-0.4, -0.2) is 28.8 Å². The monoisotopic (exact) mass is 411 g/mol. The topological polar surface area (TPSA) is 83.5 Å². The standard InChI is InChI=1S/C24H45NO4/c1-3-18-22(24(28)29)25-23(27)20-17-15-13-11-9-7-5-4-6-8-10-12-14-16-19-21(2)26/h22H,3-20H2,1-2H3,(H,25,27)(H,28,29)/t22-/m0/s1. The van der Waals surface area contributed by atoms with E-state index in [9.17, 15) is 14.4 Å². The Labute approximate surface area is 178 Å². The predicted molar refractivity (Wildman–Crippen MR) is 119 cm³/mol. The van der Waals surface area contributed by atoms with E-state index in [4.69, 9.17) is 5.11 Å². The fourth-order valence-corrected chi connectivity index (χ4v) is 3.59. The number of hydrogen-bond donors (Lipinski definition) is 2. The number of ketones is 1. The van der Waals surface area contributed by atoms with Crippen LogP contribution in [0.2, 0.25) is 0 Å². The molecule has 29 heavy (non-hydrogen) atoms. The molecule has 0 saturated carbocycles. The van der Waals surface area contributed by atoms with Crippen LogP contribution in [0.5, 0.6) is 0 Å². The highest BCUT2D eigenvalue weighted by atomic mass is 16.4. The lowest BCUT2D eigenvalue weighted by molar-refractivity contribution is -0.142. The molecule has 170 valence electrons. The van der Waals surface area contributed by atoms with Crippen LogP contribution in [0.3, 0.4) is 0 Å². The second-order valence-electron chi connectivity index (χ2n) is 8.40. The highest BCUT2D eigenvalue weighted by Gasteiger charge is 2.18. The summed E-state index contributed by atoms with van der Waals surface area (Å²) in [5.74, 6) is -0.763. The summed E-state index contributed by atoms with van der Waals surface area (Å²) in [6, 6.07) is -0.737. The lowest BCUT2D eigenvalue weighted by atomic mass is 10.0. The summed E-state index contributed by atoms with van der Waals surface area (Å²) in [7, 11) is 0. The van der Waals surface area contributed by atoms with Gasteiger partial charge in [-0.05, 0) is 26.2 Å². The van der Waals surface area contributed by atoms with E-state index in [-0.39, 0.29) is 5.91 Å². The van der Waals surface area contributed by atoms with Gasteiger partial charge in [-0.2, -0.15) is 0 Å². The summed E-state index contributed by atoms with van der Waals surface area (Å²) in [5.41, 5.74) is 0. The van der Waals surface area contributed by atoms with E-state index in [1.165, 1.54) is 64.2 Å². The number of unbranched alkanes of at least 4 members (excludes halogenated alkanes) is 13. The molecule has 1 amide bonds. The van der Waals surface area contributed by atoms with E-state index in [0.29, 0.717) is 18.6 Å². The maximum absolute atomic E-state index is 11.8. The lowest BCUT2D eigenvalue weighted by Gasteiger charge is -2.13. The van der Waals surface area contributed by atoms with E-state index < -0.39 is 12.0 Å². The zero-order valence-corrected chi connectivity index (χ0v) is 19.0. The van der Waals surface area contributed by atoms with Crippen molar-refractivity contribution in [3.63, 3.8) is 0 Å². The van der Waals surface area contributed by atoms with Crippen LogP contribution < -0.4 is 5.32 Å². The van der Waals surface area contributed by atoms with Gasteiger partial charge in [0.1, 0.15) is 11.8 Å². The summed E-state index contributed by atoms with van der Waals surface area (Å²) < 4.78 is 0. The normalized spacial score (nSPS) is 11.9. The average molecular weight is 412 g/mol. The van der Waals surface area contributed by atoms with Gasteiger partial charge in [0.05, 0.1) is 0 Å². The largest absolute Gasteiger partial charge is 0.480 e. The average Bonchev–Trinajstić information content (AvgIpc) is 2.67. The Kier molecular flexibility index (Phi) is 19.0. The predicted octanol–water partition coefficient (Wildman–Crippen LogP) is 6.19. The maximum Gasteiger partial charge on any atom is 0.326 e. The number of carbonyl (C=O) groups is 3. The third kappa shape index (κ3) is 19.7. The van der Waals surface area contributed by atoms with Gasteiger partial charge < -0.3 is 15.2 Å². The van der Waals surface area contributed by atoms with Crippen LogP contribution in [0.15, 0.2) is 0 Å². The van der Waals surface area contributed by atoms with Crippen LogP contribution in [0, 0.1) is 0 Å². The molecule has 0 spiro atoms. The van der Waals surface area contributed by atoms with Gasteiger partial charge in [0.15, 0.2) is 0 Å². The van der Waals surface area contributed by atoms with Crippen LogP contribution in [0.1, 0.15) is 129 Å². The number of rotatable bonds is 21. The summed E-state index contributed by atoms with van der Waals surface area (Å²) in [4.78, 5) is 33.7. The highest BCUT2D eigenvalue weighted by molar-refractivity contribution is 5.83. The molecule has 0 aromatic carbocycles. The highest BCUT2D eigenvalue weighted by Crippen LogP contribution is 2.14. The van der Waals surface area contributed by atoms with Crippen LogP contribution in [-0.2, 0) is 14.4 Å². The summed E-state index contributed by atoms with van der Waals surface area (Å²) in [5, 5.41) is 11.7. The van der Waals surface area contributed by atoms with Gasteiger partial charge >= 0.3 is 5.97 Å². The van der Waals surface area contributed by atoms with E-state index in [1.807, 2.05) is 6.92 Å². The third-order valence-electron chi connectivity index (χ3n) is 5.39. The van der Waals surface area contributed by atoms with Crippen molar-refractivity contribution in [2.75, 3.05) is 0 Å². The zero-order valence-electron chi connectivity index (χ0n) is 19.0. The molecule has 0 aromatic rings. The lowest BCUT2D eigenvalue weighted by Crippen LogP contribution is -2.40. The van der Waals surface area contributed by atoms with Crippen LogP contribution in [0.25, 0.3) is 0 Å². The number of carboxylic acid groups (broad SMARTS) is 1. The molecule has 0 heterocycles. The van der Waals surface area contributed by atoms with Gasteiger partial charge in [-0.15, -0.1) is 0 Å². The van der Waals surface area contributed by atoms with E-state index in [1.54, 1.807) is 6.92 Å². The van der Waals surface area contributed by atoms with Gasteiger partial charge in [0.25, 0.3) is 0 Å². The molecule has 0 aliphatic rings. The molecular weight excluding hydrogens is 366 g/mol. The number of Topliss-reactive ketones (excluding diaryl/α,β-unsaturated/α-hetero) is 1. The fourth-order valence-electron chi connectivity index (χ4n) is 3.59. The minimum absolute atomic E-state index is 0.135. The Hall–Kier alpha value is -1.39. The Morgan fingerprint density at radius 2 is 1.07 bits per heavy atom. The van der Waals surface area contributed by atoms with Gasteiger partial charge in [0, 0.05) is 12.8 Å². The molecule has 0 aromatic heterocycles.